The number of phenolic OH excluding ortho intramolecular Hbond substituents is 2. The maximum atomic E-state index is 15.5. The van der Waals surface area contributed by atoms with Gasteiger partial charge in [0.25, 0.3) is 0 Å². The summed E-state index contributed by atoms with van der Waals surface area (Å²) in [7, 11) is 0. The Hall–Kier alpha value is -7.07. The van der Waals surface area contributed by atoms with Crippen LogP contribution in [-0.2, 0) is 11.2 Å². The van der Waals surface area contributed by atoms with Crippen LogP contribution in [0, 0.1) is 11.8 Å². The van der Waals surface area contributed by atoms with Crippen molar-refractivity contribution < 1.29 is 38.8 Å². The van der Waals surface area contributed by atoms with Gasteiger partial charge in [-0.25, -0.2) is 0 Å². The van der Waals surface area contributed by atoms with E-state index >= 15 is 9.59 Å². The molecule has 0 radical (unpaired) electrons. The lowest BCUT2D eigenvalue weighted by atomic mass is 9.77. The van der Waals surface area contributed by atoms with Gasteiger partial charge in [-0.3, -0.25) is 14.4 Å². The molecule has 0 amide bonds. The molecule has 0 heterocycles. The van der Waals surface area contributed by atoms with Gasteiger partial charge in [0.15, 0.2) is 23.0 Å². The third-order valence-electron chi connectivity index (χ3n) is 16.6. The molecule has 0 bridgehead atoms. The van der Waals surface area contributed by atoms with Crippen LogP contribution in [0.25, 0.3) is 0 Å². The average molecular weight is 1050 g/mol. The molecule has 2 fully saturated rings. The minimum atomic E-state index is -0.707. The predicted octanol–water partition coefficient (Wildman–Crippen LogP) is 18.7. The molecule has 0 saturated heterocycles. The Morgan fingerprint density at radius 2 is 0.897 bits per heavy atom. The zero-order valence-electron chi connectivity index (χ0n) is 46.4. The van der Waals surface area contributed by atoms with Gasteiger partial charge in [-0.1, -0.05) is 122 Å². The summed E-state index contributed by atoms with van der Waals surface area (Å²) in [6.45, 7) is 8.74. The summed E-state index contributed by atoms with van der Waals surface area (Å²) in [5.41, 5.74) is 4.38. The second-order valence-corrected chi connectivity index (χ2v) is 22.3. The van der Waals surface area contributed by atoms with Crippen molar-refractivity contribution in [2.75, 3.05) is 10.6 Å². The number of unbranched alkanes of at least 4 members (excludes halogenated alkanes) is 5. The number of ketones is 2. The molecule has 78 heavy (non-hydrogen) atoms. The highest BCUT2D eigenvalue weighted by atomic mass is 16.5. The molecule has 6 aromatic rings. The minimum absolute atomic E-state index is 0.0175. The number of phenols is 2. The van der Waals surface area contributed by atoms with Gasteiger partial charge in [-0.05, 0) is 172 Å². The van der Waals surface area contributed by atoms with Gasteiger partial charge in [0.1, 0.15) is 17.2 Å². The lowest BCUT2D eigenvalue weighted by Crippen LogP contribution is -2.24. The molecule has 0 spiro atoms. The fourth-order valence-corrected chi connectivity index (χ4v) is 12.0. The first-order valence-electron chi connectivity index (χ1n) is 29.4. The smallest absolute Gasteiger partial charge is 0.311 e. The Morgan fingerprint density at radius 1 is 0.487 bits per heavy atom. The number of hydrogen-bond donors (Lipinski definition) is 4. The van der Waals surface area contributed by atoms with Crippen LogP contribution in [0.5, 0.6) is 40.2 Å². The third-order valence-corrected chi connectivity index (χ3v) is 16.6. The van der Waals surface area contributed by atoms with Crippen LogP contribution in [0.4, 0.5) is 22.7 Å². The Kier molecular flexibility index (Phi) is 18.9. The van der Waals surface area contributed by atoms with Crippen molar-refractivity contribution in [3.63, 3.8) is 0 Å². The van der Waals surface area contributed by atoms with Crippen molar-refractivity contribution >= 4 is 40.3 Å². The largest absolute Gasteiger partial charge is 0.504 e. The van der Waals surface area contributed by atoms with Gasteiger partial charge < -0.3 is 35.1 Å². The molecule has 10 heteroatoms. The van der Waals surface area contributed by atoms with Crippen molar-refractivity contribution in [3.8, 4) is 40.2 Å². The molecule has 410 valence electrons. The van der Waals surface area contributed by atoms with Gasteiger partial charge in [0.2, 0.25) is 11.6 Å². The number of benzene rings is 6. The number of ether oxygens (including phenoxy) is 3. The van der Waals surface area contributed by atoms with Crippen LogP contribution in [0.2, 0.25) is 0 Å². The number of carbonyl (C=O) groups excluding carboxylic acids is 3. The summed E-state index contributed by atoms with van der Waals surface area (Å²) in [5, 5.41) is 31.4. The SMILES string of the molecule is CCCCCC(=O)Oc1ccc(Nc2cc(Oc3ccc(C4CCC(CCCC)CC4)cc3)c(O)c3c2C(=O)c2c(O)c(Oc4ccc(C5CCC(CCCC)CC5)cc4)cc(Nc4ccc(CCCC)cc4)c2C3=O)cc1. The minimum Gasteiger partial charge on any atom is -0.504 e. The fourth-order valence-electron chi connectivity index (χ4n) is 12.0. The van der Waals surface area contributed by atoms with Crippen molar-refractivity contribution in [2.24, 2.45) is 11.8 Å². The van der Waals surface area contributed by atoms with Gasteiger partial charge >= 0.3 is 5.97 Å². The Balaban J connectivity index is 1.07. The van der Waals surface area contributed by atoms with Crippen molar-refractivity contribution in [2.45, 2.75) is 174 Å². The molecule has 0 aliphatic heterocycles. The topological polar surface area (TPSA) is 143 Å². The molecule has 10 nitrogen and oxygen atoms in total. The van der Waals surface area contributed by atoms with E-state index in [2.05, 4.69) is 62.6 Å². The van der Waals surface area contributed by atoms with Crippen LogP contribution in [0.3, 0.4) is 0 Å². The maximum absolute atomic E-state index is 15.5. The molecule has 6 aromatic carbocycles. The number of esters is 1. The highest BCUT2D eigenvalue weighted by molar-refractivity contribution is 6.34. The number of anilines is 4. The van der Waals surface area contributed by atoms with E-state index in [0.717, 1.165) is 76.0 Å². The van der Waals surface area contributed by atoms with Gasteiger partial charge in [-0.2, -0.15) is 0 Å². The Labute approximate surface area is 462 Å². The zero-order valence-corrected chi connectivity index (χ0v) is 46.4. The lowest BCUT2D eigenvalue weighted by Gasteiger charge is -2.29. The van der Waals surface area contributed by atoms with E-state index in [1.807, 2.05) is 48.5 Å². The van der Waals surface area contributed by atoms with E-state index in [4.69, 9.17) is 14.2 Å². The molecule has 2 saturated carbocycles. The van der Waals surface area contributed by atoms with E-state index in [9.17, 15) is 15.0 Å². The second-order valence-electron chi connectivity index (χ2n) is 22.3. The first-order chi connectivity index (χ1) is 38.0. The zero-order chi connectivity index (χ0) is 54.5. The second kappa shape index (κ2) is 26.5. The van der Waals surface area contributed by atoms with E-state index in [1.54, 1.807) is 30.3 Å². The van der Waals surface area contributed by atoms with Crippen molar-refractivity contribution in [1.82, 2.24) is 0 Å². The maximum Gasteiger partial charge on any atom is 0.311 e. The molecule has 0 atom stereocenters. The highest BCUT2D eigenvalue weighted by Crippen LogP contribution is 2.51. The van der Waals surface area contributed by atoms with Crippen LogP contribution >= 0.6 is 0 Å². The number of rotatable bonds is 24. The molecule has 3 aliphatic carbocycles. The molecular formula is C68H80N2O8. The lowest BCUT2D eigenvalue weighted by molar-refractivity contribution is -0.134. The van der Waals surface area contributed by atoms with Crippen LogP contribution < -0.4 is 24.8 Å². The summed E-state index contributed by atoms with van der Waals surface area (Å²) in [4.78, 5) is 43.5. The summed E-state index contributed by atoms with van der Waals surface area (Å²) >= 11 is 0. The van der Waals surface area contributed by atoms with Gasteiger partial charge in [0.05, 0.1) is 33.6 Å². The Bertz CT molecular complexity index is 2990. The molecule has 0 unspecified atom stereocenters. The molecule has 3 aliphatic rings. The van der Waals surface area contributed by atoms with Crippen LogP contribution in [0.1, 0.15) is 216 Å². The fraction of sp³-hybridized carbons (Fsp3) is 0.426. The number of aryl methyl sites for hydroxylation is 1. The number of nitrogens with one attached hydrogen (secondary N) is 2. The van der Waals surface area contributed by atoms with Gasteiger partial charge in [0, 0.05) is 29.9 Å². The third kappa shape index (κ3) is 13.4. The summed E-state index contributed by atoms with van der Waals surface area (Å²) in [6, 6.07) is 33.6. The van der Waals surface area contributed by atoms with E-state index in [-0.39, 0.29) is 51.1 Å². The van der Waals surface area contributed by atoms with Gasteiger partial charge in [-0.15, -0.1) is 0 Å². The normalized spacial score (nSPS) is 17.9. The Morgan fingerprint density at radius 3 is 1.32 bits per heavy atom. The average Bonchev–Trinajstić information content (AvgIpc) is 3.57. The standard InChI is InChI=1S/C68H80N2O8/c1-5-9-13-17-60(71)78-55-40-34-52(35-41-55)70-57-43-59(77-54-38-30-50(31-39-54)48-26-20-45(21-27-48)15-11-7-3)66(73)64-62(57)68(75)63-61(67(64)74)56(69-51-32-22-46(23-33-51)16-12-8-4)42-58(65(63)72)76-53-36-28-49(29-37-53)47-24-18-44(19-25-47)14-10-6-2/h22-23,28-45,47-48,69-70,72-73H,5-21,24-27H2,1-4H3. The predicted molar refractivity (Wildman–Crippen MR) is 312 cm³/mol. The summed E-state index contributed by atoms with van der Waals surface area (Å²) in [5.74, 6) is 0.991. The first-order valence-corrected chi connectivity index (χ1v) is 29.4. The van der Waals surface area contributed by atoms with E-state index in [0.29, 0.717) is 46.9 Å². The quantitative estimate of drug-likeness (QED) is 0.0200. The number of hydrogen-bond acceptors (Lipinski definition) is 10. The summed E-state index contributed by atoms with van der Waals surface area (Å²) < 4.78 is 18.6. The first kappa shape index (κ1) is 55.7. The van der Waals surface area contributed by atoms with Crippen LogP contribution in [-0.4, -0.2) is 27.7 Å². The monoisotopic (exact) mass is 1050 g/mol. The molecular weight excluding hydrogens is 973 g/mol. The van der Waals surface area contributed by atoms with Crippen molar-refractivity contribution in [1.29, 1.82) is 0 Å². The molecule has 9 rings (SSSR count). The number of aromatic hydroxyl groups is 2. The van der Waals surface area contributed by atoms with Crippen LogP contribution in [0.15, 0.2) is 109 Å². The van der Waals surface area contributed by atoms with E-state index < -0.39 is 23.1 Å². The number of carbonyl (C=O) groups is 3. The van der Waals surface area contributed by atoms with Crippen molar-refractivity contribution in [3.05, 3.63) is 148 Å². The molecule has 0 aromatic heterocycles. The summed E-state index contributed by atoms with van der Waals surface area (Å²) in [6.07, 6.45) is 23.2. The molecule has 4 N–H and O–H groups in total. The highest BCUT2D eigenvalue weighted by Gasteiger charge is 2.41. The number of fused-ring (bicyclic) bond motifs is 2. The van der Waals surface area contributed by atoms with E-state index in [1.165, 1.54) is 87.0 Å².